The molecular weight excluding hydrogens is 644 g/mol. The van der Waals surface area contributed by atoms with Gasteiger partial charge in [-0.05, 0) is 68.9 Å². The Labute approximate surface area is 295 Å². The third-order valence-corrected chi connectivity index (χ3v) is 16.8. The van der Waals surface area contributed by atoms with Crippen LogP contribution in [-0.2, 0) is 44.3 Å². The normalized spacial score (nSPS) is 33.8. The van der Waals surface area contributed by atoms with Gasteiger partial charge in [0.2, 0.25) is 0 Å². The summed E-state index contributed by atoms with van der Waals surface area (Å²) in [5.74, 6) is -1.89. The summed E-state index contributed by atoms with van der Waals surface area (Å²) >= 11 is 0. The van der Waals surface area contributed by atoms with E-state index in [1.54, 1.807) is 7.11 Å². The van der Waals surface area contributed by atoms with Gasteiger partial charge in [-0.3, -0.25) is 4.79 Å². The molecule has 49 heavy (non-hydrogen) atoms. The molecule has 8 atom stereocenters. The zero-order valence-electron chi connectivity index (χ0n) is 31.9. The lowest BCUT2D eigenvalue weighted by molar-refractivity contribution is -0.224. The Bertz CT molecular complexity index is 1290. The van der Waals surface area contributed by atoms with E-state index < -0.39 is 60.9 Å². The van der Waals surface area contributed by atoms with E-state index in [-0.39, 0.29) is 43.2 Å². The Hall–Kier alpha value is -1.70. The van der Waals surface area contributed by atoms with Gasteiger partial charge in [0.15, 0.2) is 19.9 Å². The van der Waals surface area contributed by atoms with Crippen LogP contribution in [-0.4, -0.2) is 88.4 Å². The number of ketones is 1. The predicted molar refractivity (Wildman–Crippen MR) is 189 cm³/mol. The predicted octanol–water partition coefficient (Wildman–Crippen LogP) is 6.46. The molecule has 1 N–H and O–H groups in total. The highest BCUT2D eigenvalue weighted by Gasteiger charge is 2.67. The van der Waals surface area contributed by atoms with Crippen molar-refractivity contribution in [3.05, 3.63) is 29.8 Å². The number of carbonyl (C=O) groups is 2. The quantitative estimate of drug-likeness (QED) is 0.139. The van der Waals surface area contributed by atoms with Gasteiger partial charge < -0.3 is 42.7 Å². The highest BCUT2D eigenvalue weighted by molar-refractivity contribution is 6.74. The maximum absolute atomic E-state index is 14.9. The van der Waals surface area contributed by atoms with Gasteiger partial charge >= 0.3 is 0 Å². The highest BCUT2D eigenvalue weighted by atomic mass is 28.4. The van der Waals surface area contributed by atoms with E-state index in [0.717, 1.165) is 17.6 Å². The molecule has 1 saturated heterocycles. The zero-order chi connectivity index (χ0) is 36.6. The van der Waals surface area contributed by atoms with Crippen molar-refractivity contribution >= 4 is 20.4 Å². The number of benzene rings is 1. The number of fused-ring (bicyclic) bond motifs is 2. The molecule has 0 unspecified atom stereocenters. The molecule has 2 bridgehead atoms. The van der Waals surface area contributed by atoms with Crippen molar-refractivity contribution in [3.8, 4) is 5.75 Å². The first-order chi connectivity index (χ1) is 22.7. The van der Waals surface area contributed by atoms with Gasteiger partial charge in [-0.2, -0.15) is 0 Å². The number of hydrogen-bond acceptors (Lipinski definition) is 10. The number of aliphatic hydroxyl groups is 1. The molecule has 0 radical (unpaired) electrons. The van der Waals surface area contributed by atoms with Gasteiger partial charge in [-0.25, -0.2) is 0 Å². The van der Waals surface area contributed by atoms with E-state index in [2.05, 4.69) is 33.9 Å². The van der Waals surface area contributed by atoms with E-state index >= 15 is 0 Å². The summed E-state index contributed by atoms with van der Waals surface area (Å²) in [7, 11) is 0.683. The number of aldehydes is 1. The van der Waals surface area contributed by atoms with Crippen molar-refractivity contribution in [2.45, 2.75) is 141 Å². The SMILES string of the molecule is COCO[C@H]1C(=O)[C@H](C)[C@@H]([C@@]2([C@@H](CC=O)OCc3ccc(OC)cc3)COC(C)(C)O2)C[C@H](O[Si](C)(C)C(C)(C)C)[C@@]2(O)CC[C@H]1C2(C)C. The summed E-state index contributed by atoms with van der Waals surface area (Å²) in [6, 6.07) is 7.56. The first-order valence-corrected chi connectivity index (χ1v) is 20.7. The molecule has 0 spiro atoms. The number of rotatable bonds is 13. The van der Waals surface area contributed by atoms with Gasteiger partial charge in [0.05, 0.1) is 38.1 Å². The molecule has 1 heterocycles. The van der Waals surface area contributed by atoms with Gasteiger partial charge in [-0.15, -0.1) is 0 Å². The van der Waals surface area contributed by atoms with Crippen LogP contribution in [0.3, 0.4) is 0 Å². The maximum Gasteiger partial charge on any atom is 0.192 e. The molecular formula is C38H62O10Si. The molecule has 3 aliphatic rings. The van der Waals surface area contributed by atoms with Crippen molar-refractivity contribution in [3.63, 3.8) is 0 Å². The van der Waals surface area contributed by atoms with E-state index in [1.165, 1.54) is 7.11 Å². The Morgan fingerprint density at radius 2 is 1.73 bits per heavy atom. The highest BCUT2D eigenvalue weighted by Crippen LogP contribution is 2.59. The second kappa shape index (κ2) is 14.7. The first kappa shape index (κ1) is 40.1. The lowest BCUT2D eigenvalue weighted by Gasteiger charge is -2.51. The van der Waals surface area contributed by atoms with Crippen LogP contribution in [0.15, 0.2) is 24.3 Å². The standard InChI is InChI=1S/C38H62O10Si/c1-25-29(37(23-46-36(7,8)48-37)30(18-20-39)44-22-26-13-15-27(43-10)16-14-26)21-31(47-49(11,12)34(2,3)4)38(41)19-17-28(35(38,5)6)33(32(25)40)45-24-42-9/h13-16,20,25,28-31,33,41H,17-19,21-24H2,1-12H3/t25-,28-,29+,30-,31+,33-,37-,38+/m1/s1. The summed E-state index contributed by atoms with van der Waals surface area (Å²) in [5, 5.41) is 12.9. The fourth-order valence-corrected chi connectivity index (χ4v) is 9.56. The minimum Gasteiger partial charge on any atom is -0.497 e. The fourth-order valence-electron chi connectivity index (χ4n) is 8.21. The van der Waals surface area contributed by atoms with Gasteiger partial charge in [0, 0.05) is 36.7 Å². The third-order valence-electron chi connectivity index (χ3n) is 12.4. The minimum atomic E-state index is -2.47. The summed E-state index contributed by atoms with van der Waals surface area (Å²) in [6.07, 6.45) is -0.0400. The molecule has 1 aromatic carbocycles. The van der Waals surface area contributed by atoms with Crippen LogP contribution in [0.5, 0.6) is 5.75 Å². The second-order valence-corrected chi connectivity index (χ2v) is 21.7. The molecule has 4 rings (SSSR count). The van der Waals surface area contributed by atoms with E-state index in [1.807, 2.05) is 58.9 Å². The van der Waals surface area contributed by atoms with E-state index in [9.17, 15) is 14.7 Å². The van der Waals surface area contributed by atoms with Crippen molar-refractivity contribution in [1.29, 1.82) is 0 Å². The van der Waals surface area contributed by atoms with Crippen LogP contribution in [0.4, 0.5) is 0 Å². The maximum atomic E-state index is 14.9. The largest absolute Gasteiger partial charge is 0.497 e. The van der Waals surface area contributed by atoms with Crippen LogP contribution in [0.1, 0.15) is 86.6 Å². The summed E-state index contributed by atoms with van der Waals surface area (Å²) < 4.78 is 44.1. The van der Waals surface area contributed by atoms with E-state index in [0.29, 0.717) is 19.3 Å². The lowest BCUT2D eigenvalue weighted by Crippen LogP contribution is -2.61. The van der Waals surface area contributed by atoms with Crippen molar-refractivity contribution in [2.24, 2.45) is 23.2 Å². The smallest absolute Gasteiger partial charge is 0.192 e. The average molecular weight is 707 g/mol. The zero-order valence-corrected chi connectivity index (χ0v) is 32.9. The average Bonchev–Trinajstić information content (AvgIpc) is 3.48. The Balaban J connectivity index is 1.89. The van der Waals surface area contributed by atoms with Gasteiger partial charge in [0.1, 0.15) is 30.5 Å². The molecule has 1 aromatic rings. The molecule has 10 nitrogen and oxygen atoms in total. The number of carbonyl (C=O) groups excluding carboxylic acids is 2. The number of Topliss-reactive ketones (excluding diaryl/α,β-unsaturated/α-hetero) is 1. The fraction of sp³-hybridized carbons (Fsp3) is 0.789. The monoisotopic (exact) mass is 706 g/mol. The third kappa shape index (κ3) is 7.75. The van der Waals surface area contributed by atoms with Crippen molar-refractivity contribution < 1.29 is 47.5 Å². The molecule has 2 aliphatic carbocycles. The van der Waals surface area contributed by atoms with Crippen molar-refractivity contribution in [1.82, 2.24) is 0 Å². The van der Waals surface area contributed by atoms with Gasteiger partial charge in [0.25, 0.3) is 0 Å². The molecule has 3 fully saturated rings. The minimum absolute atomic E-state index is 0.0166. The molecule has 0 aromatic heterocycles. The van der Waals surface area contributed by atoms with Crippen LogP contribution in [0, 0.1) is 23.2 Å². The van der Waals surface area contributed by atoms with Crippen molar-refractivity contribution in [2.75, 3.05) is 27.6 Å². The Morgan fingerprint density at radius 3 is 2.27 bits per heavy atom. The molecule has 1 aliphatic heterocycles. The lowest BCUT2D eigenvalue weighted by atomic mass is 9.67. The summed E-state index contributed by atoms with van der Waals surface area (Å²) in [5.41, 5.74) is -2.37. The van der Waals surface area contributed by atoms with Crippen LogP contribution >= 0.6 is 0 Å². The molecule has 11 heteroatoms. The van der Waals surface area contributed by atoms with Crippen LogP contribution in [0.25, 0.3) is 0 Å². The Morgan fingerprint density at radius 1 is 1.08 bits per heavy atom. The Kier molecular flexibility index (Phi) is 12.0. The van der Waals surface area contributed by atoms with Crippen LogP contribution in [0.2, 0.25) is 18.1 Å². The first-order valence-electron chi connectivity index (χ1n) is 17.8. The number of hydrogen-bond donors (Lipinski definition) is 1. The number of methoxy groups -OCH3 is 2. The molecule has 278 valence electrons. The number of ether oxygens (including phenoxy) is 6. The topological polar surface area (TPSA) is 119 Å². The summed E-state index contributed by atoms with van der Waals surface area (Å²) in [6.45, 7) is 20.8. The van der Waals surface area contributed by atoms with Crippen LogP contribution < -0.4 is 4.74 Å². The van der Waals surface area contributed by atoms with Gasteiger partial charge in [-0.1, -0.05) is 53.7 Å². The summed E-state index contributed by atoms with van der Waals surface area (Å²) in [4.78, 5) is 27.3. The molecule has 0 amide bonds. The van der Waals surface area contributed by atoms with E-state index in [4.69, 9.17) is 32.8 Å². The second-order valence-electron chi connectivity index (χ2n) is 17.0. The molecule has 2 saturated carbocycles.